The van der Waals surface area contributed by atoms with Crippen LogP contribution in [0.25, 0.3) is 0 Å². The standard InChI is InChI=1S/C9H15N5O2/c15-14(16)9-10-8-13(11-9)7-6-12-4-2-1-3-5-12/h8H,1-7H2. The highest BCUT2D eigenvalue weighted by Crippen LogP contribution is 2.08. The molecule has 2 heterocycles. The molecule has 1 fully saturated rings. The second-order valence-corrected chi connectivity index (χ2v) is 3.97. The van der Waals surface area contributed by atoms with Gasteiger partial charge in [-0.25, -0.2) is 0 Å². The van der Waals surface area contributed by atoms with E-state index in [-0.39, 0.29) is 5.95 Å². The third-order valence-electron chi connectivity index (χ3n) is 2.78. The highest BCUT2D eigenvalue weighted by molar-refractivity contribution is 4.96. The van der Waals surface area contributed by atoms with E-state index in [2.05, 4.69) is 15.0 Å². The summed E-state index contributed by atoms with van der Waals surface area (Å²) in [5, 5.41) is 14.2. The second-order valence-electron chi connectivity index (χ2n) is 3.97. The van der Waals surface area contributed by atoms with Gasteiger partial charge in [0.1, 0.15) is 0 Å². The maximum Gasteiger partial charge on any atom is 0.490 e. The Labute approximate surface area is 93.2 Å². The Bertz CT molecular complexity index is 359. The van der Waals surface area contributed by atoms with Gasteiger partial charge in [-0.2, -0.15) is 4.68 Å². The minimum atomic E-state index is -0.572. The number of nitro groups is 1. The summed E-state index contributed by atoms with van der Waals surface area (Å²) in [6.07, 6.45) is 5.22. The van der Waals surface area contributed by atoms with Crippen LogP contribution >= 0.6 is 0 Å². The van der Waals surface area contributed by atoms with Gasteiger partial charge in [0.2, 0.25) is 6.33 Å². The van der Waals surface area contributed by atoms with Crippen LogP contribution in [0, 0.1) is 10.1 Å². The molecule has 0 aromatic carbocycles. The molecular formula is C9H15N5O2. The highest BCUT2D eigenvalue weighted by Gasteiger charge is 2.14. The predicted octanol–water partition coefficient (Wildman–Crippen LogP) is 0.672. The zero-order valence-electron chi connectivity index (χ0n) is 9.08. The lowest BCUT2D eigenvalue weighted by Gasteiger charge is -2.25. The summed E-state index contributed by atoms with van der Waals surface area (Å²) < 4.78 is 1.53. The Morgan fingerprint density at radius 2 is 2.06 bits per heavy atom. The van der Waals surface area contributed by atoms with Crippen molar-refractivity contribution in [1.29, 1.82) is 0 Å². The average Bonchev–Trinajstić information content (AvgIpc) is 2.76. The molecule has 16 heavy (non-hydrogen) atoms. The van der Waals surface area contributed by atoms with E-state index in [0.717, 1.165) is 19.6 Å². The van der Waals surface area contributed by atoms with Gasteiger partial charge in [-0.1, -0.05) is 11.4 Å². The third kappa shape index (κ3) is 2.75. The van der Waals surface area contributed by atoms with Crippen molar-refractivity contribution in [2.24, 2.45) is 0 Å². The molecular weight excluding hydrogens is 210 g/mol. The topological polar surface area (TPSA) is 77.1 Å². The maximum absolute atomic E-state index is 10.4. The van der Waals surface area contributed by atoms with Crippen LogP contribution in [0.1, 0.15) is 19.3 Å². The minimum absolute atomic E-state index is 0.321. The predicted molar refractivity (Wildman–Crippen MR) is 57.0 cm³/mol. The molecule has 0 spiro atoms. The van der Waals surface area contributed by atoms with Crippen LogP contribution in [0.2, 0.25) is 0 Å². The Morgan fingerprint density at radius 1 is 1.31 bits per heavy atom. The van der Waals surface area contributed by atoms with Crippen molar-refractivity contribution in [2.45, 2.75) is 25.8 Å². The van der Waals surface area contributed by atoms with Crippen LogP contribution in [-0.2, 0) is 6.54 Å². The van der Waals surface area contributed by atoms with Crippen LogP contribution in [0.4, 0.5) is 5.95 Å². The number of nitrogens with zero attached hydrogens (tertiary/aromatic N) is 5. The summed E-state index contributed by atoms with van der Waals surface area (Å²) in [6.45, 7) is 3.80. The molecule has 7 nitrogen and oxygen atoms in total. The third-order valence-corrected chi connectivity index (χ3v) is 2.78. The van der Waals surface area contributed by atoms with E-state index in [1.54, 1.807) is 0 Å². The van der Waals surface area contributed by atoms with Crippen molar-refractivity contribution >= 4 is 5.95 Å². The number of hydrogen-bond donors (Lipinski definition) is 0. The fraction of sp³-hybridized carbons (Fsp3) is 0.778. The van der Waals surface area contributed by atoms with Crippen molar-refractivity contribution in [3.8, 4) is 0 Å². The first kappa shape index (κ1) is 11.0. The molecule has 2 rings (SSSR count). The van der Waals surface area contributed by atoms with Gasteiger partial charge in [0, 0.05) is 11.6 Å². The summed E-state index contributed by atoms with van der Waals surface area (Å²) in [5.74, 6) is -0.321. The van der Waals surface area contributed by atoms with Crippen molar-refractivity contribution in [2.75, 3.05) is 19.6 Å². The van der Waals surface area contributed by atoms with Gasteiger partial charge in [-0.15, -0.1) is 0 Å². The smallest absolute Gasteiger partial charge is 0.390 e. The van der Waals surface area contributed by atoms with E-state index in [9.17, 15) is 10.1 Å². The van der Waals surface area contributed by atoms with Crippen molar-refractivity contribution in [1.82, 2.24) is 19.7 Å². The number of hydrogen-bond acceptors (Lipinski definition) is 5. The summed E-state index contributed by atoms with van der Waals surface area (Å²) in [6, 6.07) is 0. The number of piperidine rings is 1. The molecule has 88 valence electrons. The largest absolute Gasteiger partial charge is 0.490 e. The molecule has 1 aromatic heterocycles. The second kappa shape index (κ2) is 5.02. The number of aromatic nitrogens is 3. The molecule has 0 radical (unpaired) electrons. The van der Waals surface area contributed by atoms with Crippen LogP contribution < -0.4 is 0 Å². The molecule has 1 aliphatic heterocycles. The molecule has 0 amide bonds. The first-order chi connectivity index (χ1) is 7.75. The molecule has 0 saturated carbocycles. The lowest BCUT2D eigenvalue weighted by Crippen LogP contribution is -2.32. The van der Waals surface area contributed by atoms with Gasteiger partial charge in [0.15, 0.2) is 0 Å². The van der Waals surface area contributed by atoms with Crippen LogP contribution in [0.3, 0.4) is 0 Å². The SMILES string of the molecule is O=[N+]([O-])c1ncn(CCN2CCCCC2)n1. The Balaban J connectivity index is 1.81. The molecule has 0 aliphatic carbocycles. The zero-order chi connectivity index (χ0) is 11.4. The van der Waals surface area contributed by atoms with Crippen LogP contribution in [0.5, 0.6) is 0 Å². The molecule has 0 N–H and O–H groups in total. The van der Waals surface area contributed by atoms with E-state index in [0.29, 0.717) is 6.54 Å². The van der Waals surface area contributed by atoms with Gasteiger partial charge in [0.25, 0.3) is 0 Å². The van der Waals surface area contributed by atoms with E-state index in [4.69, 9.17) is 0 Å². The first-order valence-electron chi connectivity index (χ1n) is 5.52. The Kier molecular flexibility index (Phi) is 3.45. The van der Waals surface area contributed by atoms with E-state index in [1.807, 2.05) is 0 Å². The first-order valence-corrected chi connectivity index (χ1v) is 5.52. The van der Waals surface area contributed by atoms with Crippen molar-refractivity contribution < 1.29 is 4.92 Å². The van der Waals surface area contributed by atoms with Gasteiger partial charge in [-0.05, 0) is 30.9 Å². The van der Waals surface area contributed by atoms with Crippen LogP contribution in [-0.4, -0.2) is 44.2 Å². The quantitative estimate of drug-likeness (QED) is 0.556. The zero-order valence-corrected chi connectivity index (χ0v) is 9.08. The normalized spacial score (nSPS) is 17.5. The van der Waals surface area contributed by atoms with Crippen LogP contribution in [0.15, 0.2) is 6.33 Å². The van der Waals surface area contributed by atoms with E-state index < -0.39 is 4.92 Å². The maximum atomic E-state index is 10.4. The van der Waals surface area contributed by atoms with Crippen molar-refractivity contribution in [3.05, 3.63) is 16.4 Å². The summed E-state index contributed by atoms with van der Waals surface area (Å²) in [5.41, 5.74) is 0. The summed E-state index contributed by atoms with van der Waals surface area (Å²) in [7, 11) is 0. The molecule has 0 bridgehead atoms. The fourth-order valence-electron chi connectivity index (χ4n) is 1.90. The monoisotopic (exact) mass is 225 g/mol. The molecule has 0 unspecified atom stereocenters. The molecule has 7 heteroatoms. The Morgan fingerprint density at radius 3 is 2.69 bits per heavy atom. The lowest BCUT2D eigenvalue weighted by atomic mass is 10.1. The summed E-state index contributed by atoms with van der Waals surface area (Å²) in [4.78, 5) is 15.8. The minimum Gasteiger partial charge on any atom is -0.390 e. The van der Waals surface area contributed by atoms with E-state index in [1.165, 1.54) is 30.3 Å². The highest BCUT2D eigenvalue weighted by atomic mass is 16.6. The fourth-order valence-corrected chi connectivity index (χ4v) is 1.90. The van der Waals surface area contributed by atoms with E-state index >= 15 is 0 Å². The molecule has 1 aromatic rings. The van der Waals surface area contributed by atoms with Gasteiger partial charge in [-0.3, -0.25) is 0 Å². The van der Waals surface area contributed by atoms with Crippen molar-refractivity contribution in [3.63, 3.8) is 0 Å². The Hall–Kier alpha value is -1.50. The number of likely N-dealkylation sites (tertiary alicyclic amines) is 1. The van der Waals surface area contributed by atoms with Gasteiger partial charge >= 0.3 is 5.95 Å². The molecule has 0 atom stereocenters. The van der Waals surface area contributed by atoms with Gasteiger partial charge in [0.05, 0.1) is 6.54 Å². The molecule has 1 saturated heterocycles. The lowest BCUT2D eigenvalue weighted by molar-refractivity contribution is -0.394. The number of rotatable bonds is 4. The average molecular weight is 225 g/mol. The summed E-state index contributed by atoms with van der Waals surface area (Å²) >= 11 is 0. The van der Waals surface area contributed by atoms with Gasteiger partial charge < -0.3 is 15.0 Å². The molecule has 1 aliphatic rings.